The minimum absolute atomic E-state index is 0.769. The smallest absolute Gasteiger partial charge is 0.177 e. The monoisotopic (exact) mass is 159 g/mol. The second-order valence-corrected chi connectivity index (χ2v) is 2.55. The Labute approximate surface area is 67.0 Å². The highest BCUT2D eigenvalue weighted by molar-refractivity contribution is 5.91. The van der Waals surface area contributed by atoms with Crippen LogP contribution in [0.15, 0.2) is 24.3 Å². The van der Waals surface area contributed by atoms with Gasteiger partial charge >= 0.3 is 0 Å². The van der Waals surface area contributed by atoms with Crippen LogP contribution >= 0.6 is 0 Å². The van der Waals surface area contributed by atoms with Crippen molar-refractivity contribution in [2.45, 2.75) is 0 Å². The first-order chi connectivity index (χ1) is 5.95. The predicted molar refractivity (Wildman–Crippen MR) is 42.6 cm³/mol. The molecule has 3 aromatic rings. The summed E-state index contributed by atoms with van der Waals surface area (Å²) < 4.78 is 1.56. The van der Waals surface area contributed by atoms with Crippen LogP contribution in [0.2, 0.25) is 0 Å². The van der Waals surface area contributed by atoms with Gasteiger partial charge in [0.15, 0.2) is 0 Å². The molecule has 2 aromatic heterocycles. The minimum atomic E-state index is 0.769. The van der Waals surface area contributed by atoms with E-state index in [0.717, 1.165) is 16.6 Å². The minimum Gasteiger partial charge on any atom is -0.177 e. The highest BCUT2D eigenvalue weighted by Gasteiger charge is 2.04. The molecule has 0 saturated heterocycles. The lowest BCUT2D eigenvalue weighted by Crippen LogP contribution is -1.84. The Hall–Kier alpha value is -1.91. The molecule has 0 fully saturated rings. The average Bonchev–Trinajstić information content (AvgIpc) is 2.62. The van der Waals surface area contributed by atoms with Crippen LogP contribution in [-0.4, -0.2) is 25.3 Å². The molecule has 5 heteroatoms. The van der Waals surface area contributed by atoms with Crippen LogP contribution < -0.4 is 0 Å². The number of fused-ring (bicyclic) bond motifs is 3. The lowest BCUT2D eigenvalue weighted by Gasteiger charge is -1.81. The molecule has 12 heavy (non-hydrogen) atoms. The Morgan fingerprint density at radius 2 is 2.17 bits per heavy atom. The third kappa shape index (κ3) is 0.554. The number of H-pyrrole nitrogens is 1. The first kappa shape index (κ1) is 5.70. The molecule has 0 atom stereocenters. The molecule has 0 aliphatic rings. The standard InChI is InChI=1S/C7H5N5/c1-2-4-6-5(3-1)7-8-10-11-12(7)9-6/h1-4H,(H,8,11). The van der Waals surface area contributed by atoms with Crippen molar-refractivity contribution < 1.29 is 0 Å². The molecule has 1 N–H and O–H groups in total. The summed E-state index contributed by atoms with van der Waals surface area (Å²) in [4.78, 5) is 0. The van der Waals surface area contributed by atoms with Gasteiger partial charge in [0, 0.05) is 0 Å². The average molecular weight is 159 g/mol. The van der Waals surface area contributed by atoms with Crippen LogP contribution in [0.5, 0.6) is 0 Å². The van der Waals surface area contributed by atoms with Gasteiger partial charge in [0.05, 0.1) is 10.9 Å². The highest BCUT2D eigenvalue weighted by atomic mass is 15.6. The molecular weight excluding hydrogens is 154 g/mol. The van der Waals surface area contributed by atoms with Crippen molar-refractivity contribution in [3.63, 3.8) is 0 Å². The van der Waals surface area contributed by atoms with Crippen molar-refractivity contribution in [1.29, 1.82) is 0 Å². The van der Waals surface area contributed by atoms with E-state index in [1.54, 1.807) is 4.63 Å². The normalized spacial score (nSPS) is 11.3. The predicted octanol–water partition coefficient (Wildman–Crippen LogP) is 0.606. The molecule has 0 aliphatic heterocycles. The zero-order valence-corrected chi connectivity index (χ0v) is 6.10. The van der Waals surface area contributed by atoms with Crippen molar-refractivity contribution in [3.8, 4) is 0 Å². The van der Waals surface area contributed by atoms with Crippen molar-refractivity contribution in [3.05, 3.63) is 24.3 Å². The molecule has 0 unspecified atom stereocenters. The van der Waals surface area contributed by atoms with E-state index in [0.29, 0.717) is 0 Å². The number of nitrogens with one attached hydrogen (secondary N) is 1. The zero-order valence-electron chi connectivity index (χ0n) is 6.10. The first-order valence-electron chi connectivity index (χ1n) is 3.60. The van der Waals surface area contributed by atoms with E-state index in [1.807, 2.05) is 24.3 Å². The summed E-state index contributed by atoms with van der Waals surface area (Å²) in [6, 6.07) is 7.82. The summed E-state index contributed by atoms with van der Waals surface area (Å²) in [6.07, 6.45) is 0. The Morgan fingerprint density at radius 1 is 1.25 bits per heavy atom. The summed E-state index contributed by atoms with van der Waals surface area (Å²) in [5.74, 6) is 0. The van der Waals surface area contributed by atoms with E-state index in [-0.39, 0.29) is 0 Å². The van der Waals surface area contributed by atoms with Gasteiger partial charge in [0.2, 0.25) is 5.65 Å². The molecule has 0 bridgehead atoms. The SMILES string of the molecule is c1ccc2c(c1)nn1[nH]nnc21. The van der Waals surface area contributed by atoms with E-state index in [2.05, 4.69) is 20.6 Å². The highest BCUT2D eigenvalue weighted by Crippen LogP contribution is 2.14. The van der Waals surface area contributed by atoms with Gasteiger partial charge in [-0.25, -0.2) is 0 Å². The summed E-state index contributed by atoms with van der Waals surface area (Å²) in [6.45, 7) is 0. The zero-order chi connectivity index (χ0) is 7.97. The van der Waals surface area contributed by atoms with E-state index in [9.17, 15) is 0 Å². The van der Waals surface area contributed by atoms with Crippen LogP contribution in [0.3, 0.4) is 0 Å². The molecular formula is C7H5N5. The van der Waals surface area contributed by atoms with Crippen LogP contribution in [-0.2, 0) is 0 Å². The third-order valence-electron chi connectivity index (χ3n) is 1.84. The maximum Gasteiger partial charge on any atom is 0.206 e. The summed E-state index contributed by atoms with van der Waals surface area (Å²) in [5, 5.41) is 15.4. The molecule has 5 nitrogen and oxygen atoms in total. The molecule has 58 valence electrons. The second kappa shape index (κ2) is 1.82. The van der Waals surface area contributed by atoms with Gasteiger partial charge in [-0.15, -0.1) is 14.8 Å². The van der Waals surface area contributed by atoms with Gasteiger partial charge in [-0.2, -0.15) is 5.21 Å². The van der Waals surface area contributed by atoms with Crippen LogP contribution in [0.25, 0.3) is 16.6 Å². The summed E-state index contributed by atoms with van der Waals surface area (Å²) in [7, 11) is 0. The fourth-order valence-electron chi connectivity index (χ4n) is 1.30. The maximum absolute atomic E-state index is 4.21. The van der Waals surface area contributed by atoms with Gasteiger partial charge in [-0.05, 0) is 17.3 Å². The quantitative estimate of drug-likeness (QED) is 0.522. The van der Waals surface area contributed by atoms with Crippen molar-refractivity contribution in [1.82, 2.24) is 25.3 Å². The molecule has 0 spiro atoms. The third-order valence-corrected chi connectivity index (χ3v) is 1.84. The number of nitrogens with zero attached hydrogens (tertiary/aromatic N) is 4. The van der Waals surface area contributed by atoms with Gasteiger partial charge in [-0.3, -0.25) is 0 Å². The largest absolute Gasteiger partial charge is 0.206 e. The molecule has 0 amide bonds. The Bertz CT molecular complexity index is 534. The lowest BCUT2D eigenvalue weighted by molar-refractivity contribution is 0.751. The van der Waals surface area contributed by atoms with E-state index in [1.165, 1.54) is 0 Å². The van der Waals surface area contributed by atoms with E-state index < -0.39 is 0 Å². The van der Waals surface area contributed by atoms with Crippen LogP contribution in [0.4, 0.5) is 0 Å². The van der Waals surface area contributed by atoms with Gasteiger partial charge < -0.3 is 0 Å². The Kier molecular flexibility index (Phi) is 0.864. The lowest BCUT2D eigenvalue weighted by atomic mass is 10.2. The number of aromatic nitrogens is 5. The maximum atomic E-state index is 4.21. The molecule has 3 rings (SSSR count). The number of tetrazole rings is 1. The van der Waals surface area contributed by atoms with Crippen LogP contribution in [0.1, 0.15) is 0 Å². The number of hydrogen-bond acceptors (Lipinski definition) is 3. The van der Waals surface area contributed by atoms with Crippen molar-refractivity contribution in [2.75, 3.05) is 0 Å². The Morgan fingerprint density at radius 3 is 3.17 bits per heavy atom. The number of hydrogen-bond donors (Lipinski definition) is 1. The van der Waals surface area contributed by atoms with Gasteiger partial charge in [0.1, 0.15) is 0 Å². The number of benzene rings is 1. The van der Waals surface area contributed by atoms with E-state index >= 15 is 0 Å². The Balaban J connectivity index is 2.68. The van der Waals surface area contributed by atoms with Crippen molar-refractivity contribution >= 4 is 16.6 Å². The number of rotatable bonds is 0. The summed E-state index contributed by atoms with van der Waals surface area (Å²) in [5.41, 5.74) is 1.70. The molecule has 2 heterocycles. The fourth-order valence-corrected chi connectivity index (χ4v) is 1.30. The van der Waals surface area contributed by atoms with Crippen LogP contribution in [0, 0.1) is 0 Å². The first-order valence-corrected chi connectivity index (χ1v) is 3.60. The fraction of sp³-hybridized carbons (Fsp3) is 0. The topological polar surface area (TPSA) is 58.9 Å². The van der Waals surface area contributed by atoms with Crippen molar-refractivity contribution in [2.24, 2.45) is 0 Å². The molecule has 0 aliphatic carbocycles. The second-order valence-electron chi connectivity index (χ2n) is 2.55. The van der Waals surface area contributed by atoms with E-state index in [4.69, 9.17) is 0 Å². The van der Waals surface area contributed by atoms with Gasteiger partial charge in [-0.1, -0.05) is 12.1 Å². The number of aromatic amines is 1. The molecule has 0 saturated carbocycles. The summed E-state index contributed by atoms with van der Waals surface area (Å²) >= 11 is 0. The molecule has 0 radical (unpaired) electrons. The molecule has 1 aromatic carbocycles. The van der Waals surface area contributed by atoms with Gasteiger partial charge in [0.25, 0.3) is 0 Å².